The van der Waals surface area contributed by atoms with E-state index in [1.165, 1.54) is 6.07 Å². The van der Waals surface area contributed by atoms with Crippen molar-refractivity contribution in [3.63, 3.8) is 0 Å². The van der Waals surface area contributed by atoms with Gasteiger partial charge in [-0.15, -0.1) is 0 Å². The number of para-hydroxylation sites is 4. The van der Waals surface area contributed by atoms with Crippen LogP contribution in [0, 0.1) is 22.7 Å². The maximum atomic E-state index is 14.0. The third-order valence-corrected chi connectivity index (χ3v) is 13.0. The lowest BCUT2D eigenvalue weighted by Gasteiger charge is -2.20. The molecule has 13 aromatic rings. The van der Waals surface area contributed by atoms with E-state index in [1.807, 2.05) is 97.1 Å². The Morgan fingerprint density at radius 3 is 1.48 bits per heavy atom. The summed E-state index contributed by atoms with van der Waals surface area (Å²) in [5, 5.41) is 28.6. The van der Waals surface area contributed by atoms with Crippen molar-refractivity contribution in [2.24, 2.45) is 0 Å². The molecule has 0 amide bonds. The van der Waals surface area contributed by atoms with E-state index in [-0.39, 0.29) is 5.56 Å². The van der Waals surface area contributed by atoms with Crippen LogP contribution in [0.4, 0.5) is 13.2 Å². The van der Waals surface area contributed by atoms with Gasteiger partial charge in [0.15, 0.2) is 0 Å². The van der Waals surface area contributed by atoms with Crippen LogP contribution in [0.3, 0.4) is 0 Å². The summed E-state index contributed by atoms with van der Waals surface area (Å²) in [6.45, 7) is 0. The molecule has 0 aliphatic heterocycles. The predicted molar refractivity (Wildman–Crippen MR) is 255 cm³/mol. The molecule has 0 radical (unpaired) electrons. The van der Waals surface area contributed by atoms with E-state index >= 15 is 0 Å². The van der Waals surface area contributed by atoms with Crippen LogP contribution in [0.5, 0.6) is 0 Å². The average molecular weight is 859 g/mol. The second-order valence-electron chi connectivity index (χ2n) is 16.5. The number of nitriles is 2. The third-order valence-electron chi connectivity index (χ3n) is 13.0. The summed E-state index contributed by atoms with van der Waals surface area (Å²) in [4.78, 5) is 0. The van der Waals surface area contributed by atoms with E-state index in [0.29, 0.717) is 27.8 Å². The van der Waals surface area contributed by atoms with Gasteiger partial charge < -0.3 is 18.0 Å². The first-order valence-electron chi connectivity index (χ1n) is 21.3. The minimum absolute atomic E-state index is 0.115. The lowest BCUT2D eigenvalue weighted by Crippen LogP contribution is -2.05. The highest BCUT2D eigenvalue weighted by molar-refractivity contribution is 6.25. The molecule has 9 aromatic carbocycles. The Balaban J connectivity index is 1.16. The van der Waals surface area contributed by atoms with Gasteiger partial charge in [0.1, 0.15) is 22.3 Å². The normalized spacial score (nSPS) is 12.1. The standard InChI is InChI=1S/C57H29F3N4O2/c58-57(59,60)35-19-20-36(34(28-35)31-62)33-18-24-48(64-46-14-6-2-12-42(46)54-50(64)26-22-40-38-10-4-8-16-52(38)66-56(40)54)44(29-33)43-27-32(30-61)17-23-47(43)63-45-13-5-1-11-41(45)53-49(63)25-21-39-37-9-3-7-15-51(37)65-55(39)53/h1-29H. The number of fused-ring (bicyclic) bond motifs is 14. The first kappa shape index (κ1) is 37.5. The highest BCUT2D eigenvalue weighted by atomic mass is 19.4. The molecule has 0 spiro atoms. The molecule has 0 fully saturated rings. The molecule has 0 atom stereocenters. The van der Waals surface area contributed by atoms with E-state index in [2.05, 4.69) is 75.9 Å². The number of aromatic nitrogens is 2. The fraction of sp³-hybridized carbons (Fsp3) is 0.0175. The van der Waals surface area contributed by atoms with E-state index in [4.69, 9.17) is 8.83 Å². The first-order valence-corrected chi connectivity index (χ1v) is 21.3. The van der Waals surface area contributed by atoms with Crippen molar-refractivity contribution in [2.75, 3.05) is 0 Å². The summed E-state index contributed by atoms with van der Waals surface area (Å²) in [5.74, 6) is 0. The van der Waals surface area contributed by atoms with Gasteiger partial charge in [-0.25, -0.2) is 0 Å². The molecule has 66 heavy (non-hydrogen) atoms. The largest absolute Gasteiger partial charge is 0.455 e. The topological polar surface area (TPSA) is 83.7 Å². The van der Waals surface area contributed by atoms with E-state index in [9.17, 15) is 23.7 Å². The molecule has 310 valence electrons. The fourth-order valence-corrected chi connectivity index (χ4v) is 10.2. The van der Waals surface area contributed by atoms with Crippen LogP contribution in [0.1, 0.15) is 16.7 Å². The smallest absolute Gasteiger partial charge is 0.416 e. The molecule has 0 aliphatic carbocycles. The van der Waals surface area contributed by atoms with E-state index in [0.717, 1.165) is 111 Å². The number of hydrogen-bond donors (Lipinski definition) is 0. The van der Waals surface area contributed by atoms with E-state index in [1.54, 1.807) is 6.07 Å². The molecule has 9 heteroatoms. The zero-order chi connectivity index (χ0) is 44.4. The lowest BCUT2D eigenvalue weighted by molar-refractivity contribution is -0.137. The first-order chi connectivity index (χ1) is 32.3. The Bertz CT molecular complexity index is 4320. The molecule has 4 aromatic heterocycles. The minimum Gasteiger partial charge on any atom is -0.455 e. The summed E-state index contributed by atoms with van der Waals surface area (Å²) in [6, 6.07) is 59.6. The van der Waals surface area contributed by atoms with Gasteiger partial charge in [-0.1, -0.05) is 84.9 Å². The van der Waals surface area contributed by atoms with Crippen molar-refractivity contribution in [2.45, 2.75) is 6.18 Å². The predicted octanol–water partition coefficient (Wildman–Crippen LogP) is 15.8. The molecule has 0 saturated carbocycles. The Morgan fingerprint density at radius 2 is 0.939 bits per heavy atom. The van der Waals surface area contributed by atoms with Crippen molar-refractivity contribution in [1.29, 1.82) is 10.5 Å². The van der Waals surface area contributed by atoms with Gasteiger partial charge in [0.25, 0.3) is 0 Å². The SMILES string of the molecule is N#Cc1ccc(-n2c3ccccc3c3c4oc5ccccc5c4ccc32)c(-c2cc(-c3ccc(C(F)(F)F)cc3C#N)ccc2-n2c3ccccc3c3c4oc5ccccc5c4ccc32)c1. The summed E-state index contributed by atoms with van der Waals surface area (Å²) in [7, 11) is 0. The fourth-order valence-electron chi connectivity index (χ4n) is 10.2. The highest BCUT2D eigenvalue weighted by Gasteiger charge is 2.32. The lowest BCUT2D eigenvalue weighted by atomic mass is 9.92. The van der Waals surface area contributed by atoms with Gasteiger partial charge >= 0.3 is 6.18 Å². The van der Waals surface area contributed by atoms with Gasteiger partial charge in [0, 0.05) is 43.4 Å². The van der Waals surface area contributed by atoms with Crippen LogP contribution < -0.4 is 0 Å². The molecule has 0 bridgehead atoms. The Kier molecular flexibility index (Phi) is 7.80. The number of halogens is 3. The summed E-state index contributed by atoms with van der Waals surface area (Å²) in [5.41, 5.74) is 9.70. The van der Waals surface area contributed by atoms with Crippen molar-refractivity contribution < 1.29 is 22.0 Å². The quantitative estimate of drug-likeness (QED) is 0.176. The molecule has 4 heterocycles. The number of hydrogen-bond acceptors (Lipinski definition) is 4. The van der Waals surface area contributed by atoms with Crippen molar-refractivity contribution >= 4 is 87.5 Å². The van der Waals surface area contributed by atoms with Crippen LogP contribution in [0.15, 0.2) is 185 Å². The molecular weight excluding hydrogens is 830 g/mol. The van der Waals surface area contributed by atoms with Crippen LogP contribution in [0.25, 0.3) is 121 Å². The Morgan fingerprint density at radius 1 is 0.424 bits per heavy atom. The summed E-state index contributed by atoms with van der Waals surface area (Å²) in [6.07, 6.45) is -4.64. The van der Waals surface area contributed by atoms with Crippen LogP contribution in [0.2, 0.25) is 0 Å². The number of benzene rings is 9. The van der Waals surface area contributed by atoms with Gasteiger partial charge in [-0.2, -0.15) is 23.7 Å². The second-order valence-corrected chi connectivity index (χ2v) is 16.5. The molecule has 0 N–H and O–H groups in total. The summed E-state index contributed by atoms with van der Waals surface area (Å²) >= 11 is 0. The zero-order valence-corrected chi connectivity index (χ0v) is 34.5. The highest BCUT2D eigenvalue weighted by Crippen LogP contribution is 2.47. The number of nitrogens with zero attached hydrogens (tertiary/aromatic N) is 4. The molecule has 6 nitrogen and oxygen atoms in total. The molecule has 13 rings (SSSR count). The Hall–Kier alpha value is -9.05. The summed E-state index contributed by atoms with van der Waals surface area (Å²) < 4.78 is 59.6. The van der Waals surface area contributed by atoms with Crippen molar-refractivity contribution in [1.82, 2.24) is 9.13 Å². The van der Waals surface area contributed by atoms with Crippen LogP contribution >= 0.6 is 0 Å². The molecule has 0 aliphatic rings. The van der Waals surface area contributed by atoms with Gasteiger partial charge in [0.2, 0.25) is 0 Å². The molecule has 0 unspecified atom stereocenters. The Labute approximate surface area is 372 Å². The van der Waals surface area contributed by atoms with Crippen LogP contribution in [-0.2, 0) is 6.18 Å². The third kappa shape index (κ3) is 5.29. The minimum atomic E-state index is -4.64. The van der Waals surface area contributed by atoms with E-state index < -0.39 is 11.7 Å². The monoisotopic (exact) mass is 858 g/mol. The van der Waals surface area contributed by atoms with Gasteiger partial charge in [-0.3, -0.25) is 0 Å². The zero-order valence-electron chi connectivity index (χ0n) is 34.5. The number of rotatable bonds is 4. The number of alkyl halides is 3. The van der Waals surface area contributed by atoms with Crippen LogP contribution in [-0.4, -0.2) is 9.13 Å². The van der Waals surface area contributed by atoms with Gasteiger partial charge in [-0.05, 0) is 102 Å². The maximum Gasteiger partial charge on any atom is 0.416 e. The maximum absolute atomic E-state index is 14.0. The number of furan rings is 2. The molecule has 0 saturated heterocycles. The van der Waals surface area contributed by atoms with Crippen molar-refractivity contribution in [3.8, 4) is 45.8 Å². The van der Waals surface area contributed by atoms with Crippen molar-refractivity contribution in [3.05, 3.63) is 193 Å². The second kappa shape index (κ2) is 13.7. The van der Waals surface area contributed by atoms with Gasteiger partial charge in [0.05, 0.1) is 73.0 Å². The molecular formula is C57H29F3N4O2. The average Bonchev–Trinajstić information content (AvgIpc) is 4.11.